The lowest BCUT2D eigenvalue weighted by Crippen LogP contribution is -2.21. The molecule has 2 aromatic rings. The maximum atomic E-state index is 3.96. The third-order valence-corrected chi connectivity index (χ3v) is 3.82. The lowest BCUT2D eigenvalue weighted by molar-refractivity contribution is 0.596. The second-order valence-corrected chi connectivity index (χ2v) is 5.44. The van der Waals surface area contributed by atoms with E-state index in [0.717, 1.165) is 20.2 Å². The maximum Gasteiger partial charge on any atom is 0.0799 e. The predicted molar refractivity (Wildman–Crippen MR) is 73.7 cm³/mol. The quantitative estimate of drug-likeness (QED) is 0.916. The Labute approximate surface area is 117 Å². The molecule has 0 aliphatic heterocycles. The average molecular weight is 360 g/mol. The summed E-state index contributed by atoms with van der Waals surface area (Å²) in [6, 6.07) is 6.16. The zero-order chi connectivity index (χ0) is 12.4. The van der Waals surface area contributed by atoms with E-state index in [1.54, 1.807) is 10.9 Å². The molecule has 0 saturated heterocycles. The van der Waals surface area contributed by atoms with Gasteiger partial charge in [-0.2, -0.15) is 0 Å². The van der Waals surface area contributed by atoms with E-state index in [1.807, 2.05) is 26.2 Å². The van der Waals surface area contributed by atoms with Crippen LogP contribution in [0.5, 0.6) is 0 Å². The molecule has 90 valence electrons. The van der Waals surface area contributed by atoms with Gasteiger partial charge in [-0.05, 0) is 30.8 Å². The van der Waals surface area contributed by atoms with E-state index >= 15 is 0 Å². The molecule has 0 spiro atoms. The van der Waals surface area contributed by atoms with Crippen molar-refractivity contribution in [1.82, 2.24) is 20.3 Å². The molecular formula is C11H12Br2N4. The van der Waals surface area contributed by atoms with Gasteiger partial charge in [0.1, 0.15) is 0 Å². The number of benzene rings is 1. The summed E-state index contributed by atoms with van der Waals surface area (Å²) in [4.78, 5) is 0. The van der Waals surface area contributed by atoms with Crippen molar-refractivity contribution in [2.45, 2.75) is 6.04 Å². The van der Waals surface area contributed by atoms with Crippen molar-refractivity contribution >= 4 is 31.9 Å². The van der Waals surface area contributed by atoms with Crippen LogP contribution in [0, 0.1) is 0 Å². The highest BCUT2D eigenvalue weighted by atomic mass is 79.9. The fourth-order valence-corrected chi connectivity index (χ4v) is 2.61. The van der Waals surface area contributed by atoms with Gasteiger partial charge >= 0.3 is 0 Å². The van der Waals surface area contributed by atoms with Gasteiger partial charge < -0.3 is 5.32 Å². The molecule has 17 heavy (non-hydrogen) atoms. The van der Waals surface area contributed by atoms with E-state index < -0.39 is 0 Å². The summed E-state index contributed by atoms with van der Waals surface area (Å²) in [5.41, 5.74) is 2.17. The molecule has 1 atom stereocenters. The minimum absolute atomic E-state index is 0.0573. The fourth-order valence-electron chi connectivity index (χ4n) is 1.76. The number of halogens is 2. The summed E-state index contributed by atoms with van der Waals surface area (Å²) in [5, 5.41) is 11.2. The molecule has 1 heterocycles. The van der Waals surface area contributed by atoms with Gasteiger partial charge in [0.05, 0.1) is 17.9 Å². The molecule has 1 unspecified atom stereocenters. The lowest BCUT2D eigenvalue weighted by atomic mass is 10.0. The number of aryl methyl sites for hydroxylation is 1. The summed E-state index contributed by atoms with van der Waals surface area (Å²) in [7, 11) is 3.81. The molecule has 0 fully saturated rings. The summed E-state index contributed by atoms with van der Waals surface area (Å²) >= 11 is 7.06. The van der Waals surface area contributed by atoms with Crippen molar-refractivity contribution in [3.8, 4) is 0 Å². The highest BCUT2D eigenvalue weighted by Crippen LogP contribution is 2.30. The Hall–Kier alpha value is -0.720. The average Bonchev–Trinajstić information content (AvgIpc) is 2.71. The molecule has 2 rings (SSSR count). The molecular weight excluding hydrogens is 348 g/mol. The minimum atomic E-state index is 0.0573. The van der Waals surface area contributed by atoms with Crippen LogP contribution in [-0.2, 0) is 7.05 Å². The highest BCUT2D eigenvalue weighted by Gasteiger charge is 2.18. The minimum Gasteiger partial charge on any atom is -0.308 e. The van der Waals surface area contributed by atoms with Crippen LogP contribution in [0.15, 0.2) is 33.3 Å². The Morgan fingerprint density at radius 3 is 2.71 bits per heavy atom. The van der Waals surface area contributed by atoms with Crippen molar-refractivity contribution in [2.24, 2.45) is 7.05 Å². The van der Waals surface area contributed by atoms with E-state index in [4.69, 9.17) is 0 Å². The van der Waals surface area contributed by atoms with Crippen molar-refractivity contribution in [1.29, 1.82) is 0 Å². The zero-order valence-corrected chi connectivity index (χ0v) is 12.7. The summed E-state index contributed by atoms with van der Waals surface area (Å²) < 4.78 is 3.88. The van der Waals surface area contributed by atoms with Gasteiger partial charge in [0, 0.05) is 16.0 Å². The first-order chi connectivity index (χ1) is 8.13. The Balaban J connectivity index is 2.49. The van der Waals surface area contributed by atoms with Crippen molar-refractivity contribution in [3.63, 3.8) is 0 Å². The summed E-state index contributed by atoms with van der Waals surface area (Å²) in [5.74, 6) is 0. The monoisotopic (exact) mass is 358 g/mol. The van der Waals surface area contributed by atoms with Gasteiger partial charge in [0.2, 0.25) is 0 Å². The molecule has 6 heteroatoms. The summed E-state index contributed by atoms with van der Waals surface area (Å²) in [6.45, 7) is 0. The van der Waals surface area contributed by atoms with Crippen LogP contribution in [0.2, 0.25) is 0 Å². The normalized spacial score (nSPS) is 12.7. The van der Waals surface area contributed by atoms with Crippen LogP contribution in [0.4, 0.5) is 0 Å². The van der Waals surface area contributed by atoms with Gasteiger partial charge in [-0.15, -0.1) is 5.10 Å². The molecule has 0 radical (unpaired) electrons. The van der Waals surface area contributed by atoms with Gasteiger partial charge in [-0.25, -0.2) is 0 Å². The summed E-state index contributed by atoms with van der Waals surface area (Å²) in [6.07, 6.45) is 1.77. The molecule has 1 N–H and O–H groups in total. The molecule has 0 aliphatic carbocycles. The van der Waals surface area contributed by atoms with Gasteiger partial charge in [-0.1, -0.05) is 37.1 Å². The SMILES string of the molecule is CNC(c1cc(Br)ccc1Br)c1cnnn1C. The maximum absolute atomic E-state index is 3.96. The van der Waals surface area contributed by atoms with Crippen molar-refractivity contribution in [3.05, 3.63) is 44.6 Å². The molecule has 0 saturated carbocycles. The Kier molecular flexibility index (Phi) is 3.96. The predicted octanol–water partition coefficient (Wildman–Crippen LogP) is 2.65. The first kappa shape index (κ1) is 12.7. The van der Waals surface area contributed by atoms with E-state index in [-0.39, 0.29) is 6.04 Å². The third-order valence-electron chi connectivity index (χ3n) is 2.60. The Bertz CT molecular complexity index is 524. The smallest absolute Gasteiger partial charge is 0.0799 e. The van der Waals surface area contributed by atoms with Crippen molar-refractivity contribution in [2.75, 3.05) is 7.05 Å². The second-order valence-electron chi connectivity index (χ2n) is 3.67. The molecule has 1 aromatic carbocycles. The number of nitrogens with zero attached hydrogens (tertiary/aromatic N) is 3. The molecule has 0 bridgehead atoms. The molecule has 4 nitrogen and oxygen atoms in total. The first-order valence-electron chi connectivity index (χ1n) is 5.10. The third kappa shape index (κ3) is 2.59. The number of nitrogens with one attached hydrogen (secondary N) is 1. The number of rotatable bonds is 3. The van der Waals surface area contributed by atoms with Gasteiger partial charge in [-0.3, -0.25) is 4.68 Å². The first-order valence-corrected chi connectivity index (χ1v) is 6.69. The Morgan fingerprint density at radius 1 is 1.35 bits per heavy atom. The largest absolute Gasteiger partial charge is 0.308 e. The molecule has 0 amide bonds. The van der Waals surface area contributed by atoms with Gasteiger partial charge in [0.15, 0.2) is 0 Å². The highest BCUT2D eigenvalue weighted by molar-refractivity contribution is 9.11. The van der Waals surface area contributed by atoms with Crippen molar-refractivity contribution < 1.29 is 0 Å². The standard InChI is InChI=1S/C11H12Br2N4/c1-14-11(10-6-15-16-17(10)2)8-5-7(12)3-4-9(8)13/h3-6,11,14H,1-2H3. The molecule has 1 aromatic heterocycles. The topological polar surface area (TPSA) is 42.7 Å². The fraction of sp³-hybridized carbons (Fsp3) is 0.273. The van der Waals surface area contributed by atoms with E-state index in [2.05, 4.69) is 53.6 Å². The lowest BCUT2D eigenvalue weighted by Gasteiger charge is -2.18. The Morgan fingerprint density at radius 2 is 2.12 bits per heavy atom. The van der Waals surface area contributed by atoms with Crippen LogP contribution in [0.25, 0.3) is 0 Å². The zero-order valence-electron chi connectivity index (χ0n) is 9.48. The van der Waals surface area contributed by atoms with Crippen LogP contribution in [-0.4, -0.2) is 22.0 Å². The second kappa shape index (κ2) is 5.29. The van der Waals surface area contributed by atoms with Crippen LogP contribution >= 0.6 is 31.9 Å². The van der Waals surface area contributed by atoms with Crippen LogP contribution < -0.4 is 5.32 Å². The molecule has 0 aliphatic rings. The number of hydrogen-bond donors (Lipinski definition) is 1. The van der Waals surface area contributed by atoms with E-state index in [0.29, 0.717) is 0 Å². The number of hydrogen-bond acceptors (Lipinski definition) is 3. The number of aromatic nitrogens is 3. The van der Waals surface area contributed by atoms with Crippen LogP contribution in [0.3, 0.4) is 0 Å². The van der Waals surface area contributed by atoms with Gasteiger partial charge in [0.25, 0.3) is 0 Å². The van der Waals surface area contributed by atoms with E-state index in [1.165, 1.54) is 0 Å². The van der Waals surface area contributed by atoms with E-state index in [9.17, 15) is 0 Å². The van der Waals surface area contributed by atoms with Crippen LogP contribution in [0.1, 0.15) is 17.3 Å².